The van der Waals surface area contributed by atoms with Gasteiger partial charge in [-0.05, 0) is 42.2 Å². The van der Waals surface area contributed by atoms with E-state index < -0.39 is 0 Å². The van der Waals surface area contributed by atoms with Gasteiger partial charge in [0, 0.05) is 0 Å². The van der Waals surface area contributed by atoms with E-state index in [4.69, 9.17) is 34.8 Å². The molecule has 2 aromatic carbocycles. The zero-order valence-electron chi connectivity index (χ0n) is 10.5. The van der Waals surface area contributed by atoms with Crippen LogP contribution in [0, 0.1) is 0 Å². The Bertz CT molecular complexity index is 672. The van der Waals surface area contributed by atoms with Gasteiger partial charge < -0.3 is 10.4 Å². The third-order valence-electron chi connectivity index (χ3n) is 3.59. The van der Waals surface area contributed by atoms with Crippen LogP contribution in [0.1, 0.15) is 23.6 Å². The van der Waals surface area contributed by atoms with Crippen molar-refractivity contribution in [2.45, 2.75) is 18.9 Å². The Hall–Kier alpha value is -1.09. The van der Waals surface area contributed by atoms with Gasteiger partial charge in [-0.15, -0.1) is 0 Å². The number of phenols is 1. The summed E-state index contributed by atoms with van der Waals surface area (Å²) < 4.78 is 0. The minimum absolute atomic E-state index is 0.117. The summed E-state index contributed by atoms with van der Waals surface area (Å²) in [7, 11) is 0. The molecule has 0 heterocycles. The van der Waals surface area contributed by atoms with Crippen molar-refractivity contribution in [2.75, 3.05) is 5.32 Å². The van der Waals surface area contributed by atoms with Gasteiger partial charge in [-0.3, -0.25) is 0 Å². The summed E-state index contributed by atoms with van der Waals surface area (Å²) in [4.78, 5) is 0. The summed E-state index contributed by atoms with van der Waals surface area (Å²) >= 11 is 18.1. The van der Waals surface area contributed by atoms with Gasteiger partial charge in [0.1, 0.15) is 5.75 Å². The van der Waals surface area contributed by atoms with E-state index in [1.807, 2.05) is 12.1 Å². The van der Waals surface area contributed by atoms with Crippen molar-refractivity contribution in [2.24, 2.45) is 0 Å². The molecule has 1 aliphatic rings. The van der Waals surface area contributed by atoms with Crippen LogP contribution in [0.25, 0.3) is 0 Å². The summed E-state index contributed by atoms with van der Waals surface area (Å²) in [6, 6.07) is 9.06. The zero-order chi connectivity index (χ0) is 14.3. The second kappa shape index (κ2) is 5.36. The van der Waals surface area contributed by atoms with Crippen molar-refractivity contribution in [1.29, 1.82) is 0 Å². The first-order chi connectivity index (χ1) is 9.56. The van der Waals surface area contributed by atoms with Crippen molar-refractivity contribution in [3.8, 4) is 5.75 Å². The number of rotatable bonds is 2. The second-order valence-corrected chi connectivity index (χ2v) is 6.05. The molecule has 3 rings (SSSR count). The van der Waals surface area contributed by atoms with Crippen LogP contribution in [0.5, 0.6) is 5.75 Å². The van der Waals surface area contributed by atoms with E-state index >= 15 is 0 Å². The number of nitrogens with one attached hydrogen (secondary N) is 1. The van der Waals surface area contributed by atoms with Gasteiger partial charge in [0.05, 0.1) is 26.8 Å². The van der Waals surface area contributed by atoms with Crippen LogP contribution in [-0.2, 0) is 6.42 Å². The van der Waals surface area contributed by atoms with E-state index in [-0.39, 0.29) is 6.04 Å². The molecule has 0 bridgehead atoms. The molecule has 0 saturated heterocycles. The molecule has 104 valence electrons. The number of fused-ring (bicyclic) bond motifs is 1. The Morgan fingerprint density at radius 2 is 1.80 bits per heavy atom. The normalized spacial score (nSPS) is 17.1. The summed E-state index contributed by atoms with van der Waals surface area (Å²) in [5.74, 6) is 0.354. The van der Waals surface area contributed by atoms with Crippen LogP contribution in [0.4, 0.5) is 5.69 Å². The van der Waals surface area contributed by atoms with Gasteiger partial charge in [0.25, 0.3) is 0 Å². The van der Waals surface area contributed by atoms with Crippen molar-refractivity contribution >= 4 is 40.5 Å². The number of benzene rings is 2. The molecule has 0 radical (unpaired) electrons. The molecule has 0 fully saturated rings. The van der Waals surface area contributed by atoms with Gasteiger partial charge in [0.2, 0.25) is 0 Å². The molecule has 0 amide bonds. The molecule has 5 heteroatoms. The molecule has 0 aliphatic heterocycles. The van der Waals surface area contributed by atoms with Gasteiger partial charge in [0.15, 0.2) is 0 Å². The van der Waals surface area contributed by atoms with Crippen LogP contribution in [0.15, 0.2) is 30.3 Å². The summed E-state index contributed by atoms with van der Waals surface area (Å²) in [5, 5.41) is 14.7. The van der Waals surface area contributed by atoms with Gasteiger partial charge in [-0.25, -0.2) is 0 Å². The average molecular weight is 329 g/mol. The van der Waals surface area contributed by atoms with Crippen molar-refractivity contribution in [1.82, 2.24) is 0 Å². The summed E-state index contributed by atoms with van der Waals surface area (Å²) in [5.41, 5.74) is 2.86. The van der Waals surface area contributed by atoms with E-state index in [1.54, 1.807) is 18.2 Å². The Morgan fingerprint density at radius 3 is 2.60 bits per heavy atom. The predicted molar refractivity (Wildman–Crippen MR) is 84.3 cm³/mol. The molecular formula is C15H12Cl3NO. The highest BCUT2D eigenvalue weighted by atomic mass is 35.5. The lowest BCUT2D eigenvalue weighted by Crippen LogP contribution is -2.07. The maximum Gasteiger partial charge on any atom is 0.119 e. The number of anilines is 1. The number of hydrogen-bond acceptors (Lipinski definition) is 2. The van der Waals surface area contributed by atoms with Crippen LogP contribution in [0.2, 0.25) is 15.1 Å². The minimum Gasteiger partial charge on any atom is -0.508 e. The molecule has 2 nitrogen and oxygen atoms in total. The van der Waals surface area contributed by atoms with Crippen molar-refractivity contribution < 1.29 is 5.11 Å². The lowest BCUT2D eigenvalue weighted by molar-refractivity contribution is 0.469. The van der Waals surface area contributed by atoms with E-state index in [0.29, 0.717) is 20.8 Å². The largest absolute Gasteiger partial charge is 0.508 e. The second-order valence-electron chi connectivity index (χ2n) is 4.83. The molecule has 0 aromatic heterocycles. The fraction of sp³-hybridized carbons (Fsp3) is 0.200. The Morgan fingerprint density at radius 1 is 1.05 bits per heavy atom. The Kier molecular flexibility index (Phi) is 3.72. The van der Waals surface area contributed by atoms with Crippen molar-refractivity contribution in [3.05, 3.63) is 56.5 Å². The Labute approximate surface area is 132 Å². The first kappa shape index (κ1) is 13.9. The number of halogens is 3. The maximum atomic E-state index is 9.86. The zero-order valence-corrected chi connectivity index (χ0v) is 12.7. The quantitative estimate of drug-likeness (QED) is 0.718. The minimum atomic E-state index is 0.117. The van der Waals surface area contributed by atoms with Crippen LogP contribution < -0.4 is 5.32 Å². The van der Waals surface area contributed by atoms with E-state index in [9.17, 15) is 5.11 Å². The molecule has 1 aliphatic carbocycles. The predicted octanol–water partition coefficient (Wildman–Crippen LogP) is 5.45. The molecule has 2 N–H and O–H groups in total. The van der Waals surface area contributed by atoms with Crippen LogP contribution >= 0.6 is 34.8 Å². The van der Waals surface area contributed by atoms with Crippen LogP contribution in [-0.4, -0.2) is 5.11 Å². The molecule has 0 saturated carbocycles. The third kappa shape index (κ3) is 2.44. The highest BCUT2D eigenvalue weighted by Gasteiger charge is 2.25. The smallest absolute Gasteiger partial charge is 0.119 e. The topological polar surface area (TPSA) is 32.3 Å². The maximum absolute atomic E-state index is 9.86. The third-order valence-corrected chi connectivity index (χ3v) is 4.62. The average Bonchev–Trinajstić information content (AvgIpc) is 2.81. The lowest BCUT2D eigenvalue weighted by atomic mass is 10.1. The molecule has 1 unspecified atom stereocenters. The lowest BCUT2D eigenvalue weighted by Gasteiger charge is -2.17. The number of hydrogen-bond donors (Lipinski definition) is 2. The van der Waals surface area contributed by atoms with Gasteiger partial charge in [-0.1, -0.05) is 46.9 Å². The Balaban J connectivity index is 1.91. The number of phenolic OH excluding ortho intramolecular Hbond substituents is 1. The standard InChI is InChI=1S/C15H12Cl3NO/c16-10-6-12(18)14(7-11(10)17)19-13-5-4-9-8(13)2-1-3-15(9)20/h1-3,6-7,13,19-20H,4-5H2. The van der Waals surface area contributed by atoms with Gasteiger partial charge in [-0.2, -0.15) is 0 Å². The fourth-order valence-electron chi connectivity index (χ4n) is 2.61. The van der Waals surface area contributed by atoms with E-state index in [2.05, 4.69) is 5.32 Å². The van der Waals surface area contributed by atoms with E-state index in [1.165, 1.54) is 0 Å². The molecule has 1 atom stereocenters. The molecule has 0 spiro atoms. The monoisotopic (exact) mass is 327 g/mol. The van der Waals surface area contributed by atoms with E-state index in [0.717, 1.165) is 29.7 Å². The first-order valence-corrected chi connectivity index (χ1v) is 7.41. The highest BCUT2D eigenvalue weighted by molar-refractivity contribution is 6.44. The first-order valence-electron chi connectivity index (χ1n) is 6.28. The SMILES string of the molecule is Oc1cccc2c1CCC2Nc1cc(Cl)c(Cl)cc1Cl. The highest BCUT2D eigenvalue weighted by Crippen LogP contribution is 2.40. The van der Waals surface area contributed by atoms with Crippen molar-refractivity contribution in [3.63, 3.8) is 0 Å². The number of aromatic hydroxyl groups is 1. The summed E-state index contributed by atoms with van der Waals surface area (Å²) in [6.45, 7) is 0. The molecule has 2 aromatic rings. The molecular weight excluding hydrogens is 317 g/mol. The summed E-state index contributed by atoms with van der Waals surface area (Å²) in [6.07, 6.45) is 1.75. The molecule has 20 heavy (non-hydrogen) atoms. The van der Waals surface area contributed by atoms with Gasteiger partial charge >= 0.3 is 0 Å². The fourth-order valence-corrected chi connectivity index (χ4v) is 3.21. The van der Waals surface area contributed by atoms with Crippen LogP contribution in [0.3, 0.4) is 0 Å².